The molecular formula is C23H21N3O3S. The van der Waals surface area contributed by atoms with Crippen molar-refractivity contribution in [2.45, 2.75) is 6.92 Å². The van der Waals surface area contributed by atoms with E-state index in [-0.39, 0.29) is 23.5 Å². The highest BCUT2D eigenvalue weighted by molar-refractivity contribution is 7.80. The van der Waals surface area contributed by atoms with Crippen molar-refractivity contribution in [2.75, 3.05) is 17.2 Å². The topological polar surface area (TPSA) is 79.5 Å². The molecule has 3 aromatic rings. The third-order valence-corrected chi connectivity index (χ3v) is 4.23. The lowest BCUT2D eigenvalue weighted by atomic mass is 10.1. The van der Waals surface area contributed by atoms with Crippen LogP contribution in [0.25, 0.3) is 0 Å². The Morgan fingerprint density at radius 1 is 0.867 bits per heavy atom. The normalized spacial score (nSPS) is 10.0. The Balaban J connectivity index is 1.52. The molecule has 2 amide bonds. The number of hydrogen-bond acceptors (Lipinski definition) is 4. The Labute approximate surface area is 180 Å². The standard InChI is InChI=1S/C23H21N3O3S/c1-16-7-5-8-17(13-16)22(28)26-23(30)25-19-10-6-9-18(14-19)24-21(27)15-29-20-11-3-2-4-12-20/h2-14H,15H2,1H3,(H,24,27)(H2,25,26,28,30). The van der Waals surface area contributed by atoms with Gasteiger partial charge in [0.15, 0.2) is 11.7 Å². The van der Waals surface area contributed by atoms with Crippen LogP contribution in [0.3, 0.4) is 0 Å². The molecule has 0 bridgehead atoms. The van der Waals surface area contributed by atoms with Gasteiger partial charge in [-0.25, -0.2) is 0 Å². The monoisotopic (exact) mass is 419 g/mol. The fourth-order valence-corrected chi connectivity index (χ4v) is 2.87. The maximum Gasteiger partial charge on any atom is 0.262 e. The summed E-state index contributed by atoms with van der Waals surface area (Å²) in [5.41, 5.74) is 2.72. The van der Waals surface area contributed by atoms with Crippen LogP contribution in [-0.4, -0.2) is 23.5 Å². The Morgan fingerprint density at radius 3 is 2.30 bits per heavy atom. The summed E-state index contributed by atoms with van der Waals surface area (Å²) in [6, 6.07) is 23.4. The van der Waals surface area contributed by atoms with Gasteiger partial charge < -0.3 is 15.4 Å². The number of nitrogens with one attached hydrogen (secondary N) is 3. The number of thiocarbonyl (C=S) groups is 1. The lowest BCUT2D eigenvalue weighted by Crippen LogP contribution is -2.34. The summed E-state index contributed by atoms with van der Waals surface area (Å²) >= 11 is 5.22. The highest BCUT2D eigenvalue weighted by Gasteiger charge is 2.09. The van der Waals surface area contributed by atoms with Crippen molar-refractivity contribution in [2.24, 2.45) is 0 Å². The molecule has 3 N–H and O–H groups in total. The predicted octanol–water partition coefficient (Wildman–Crippen LogP) is 4.14. The summed E-state index contributed by atoms with van der Waals surface area (Å²) < 4.78 is 5.43. The zero-order chi connectivity index (χ0) is 21.3. The molecular weight excluding hydrogens is 398 g/mol. The van der Waals surface area contributed by atoms with Crippen LogP contribution in [0.4, 0.5) is 11.4 Å². The number of amides is 2. The first kappa shape index (κ1) is 21.0. The van der Waals surface area contributed by atoms with Gasteiger partial charge in [-0.15, -0.1) is 0 Å². The molecule has 0 unspecified atom stereocenters. The van der Waals surface area contributed by atoms with Crippen molar-refractivity contribution >= 4 is 40.5 Å². The number of anilines is 2. The van der Waals surface area contributed by atoms with Gasteiger partial charge in [0.2, 0.25) is 0 Å². The molecule has 0 fully saturated rings. The van der Waals surface area contributed by atoms with E-state index < -0.39 is 0 Å². The number of carbonyl (C=O) groups excluding carboxylic acids is 2. The zero-order valence-electron chi connectivity index (χ0n) is 16.3. The number of para-hydroxylation sites is 1. The second kappa shape index (κ2) is 10.2. The number of hydrogen-bond donors (Lipinski definition) is 3. The first-order chi connectivity index (χ1) is 14.5. The first-order valence-electron chi connectivity index (χ1n) is 9.26. The Kier molecular flexibility index (Phi) is 7.13. The third-order valence-electron chi connectivity index (χ3n) is 4.02. The highest BCUT2D eigenvalue weighted by atomic mass is 32.1. The van der Waals surface area contributed by atoms with Crippen molar-refractivity contribution < 1.29 is 14.3 Å². The number of rotatable bonds is 6. The minimum Gasteiger partial charge on any atom is -0.484 e. The van der Waals surface area contributed by atoms with Crippen molar-refractivity contribution in [3.8, 4) is 5.75 Å². The lowest BCUT2D eigenvalue weighted by Gasteiger charge is -2.12. The molecule has 0 aliphatic heterocycles. The Hall–Kier alpha value is -3.71. The van der Waals surface area contributed by atoms with Crippen LogP contribution in [0.2, 0.25) is 0 Å². The zero-order valence-corrected chi connectivity index (χ0v) is 17.2. The molecule has 0 aliphatic carbocycles. The first-order valence-corrected chi connectivity index (χ1v) is 9.67. The molecule has 152 valence electrons. The van der Waals surface area contributed by atoms with Gasteiger partial charge in [-0.2, -0.15) is 0 Å². The van der Waals surface area contributed by atoms with Crippen molar-refractivity contribution in [1.82, 2.24) is 5.32 Å². The second-order valence-electron chi connectivity index (χ2n) is 6.51. The number of benzene rings is 3. The van der Waals surface area contributed by atoms with E-state index in [0.29, 0.717) is 22.7 Å². The lowest BCUT2D eigenvalue weighted by molar-refractivity contribution is -0.118. The highest BCUT2D eigenvalue weighted by Crippen LogP contribution is 2.15. The Morgan fingerprint density at radius 2 is 1.57 bits per heavy atom. The minimum absolute atomic E-state index is 0.105. The SMILES string of the molecule is Cc1cccc(C(=O)NC(=S)Nc2cccc(NC(=O)COc3ccccc3)c2)c1. The molecule has 3 rings (SSSR count). The fraction of sp³-hybridized carbons (Fsp3) is 0.0870. The fourth-order valence-electron chi connectivity index (χ4n) is 2.66. The summed E-state index contributed by atoms with van der Waals surface area (Å²) in [5.74, 6) is 0.0443. The van der Waals surface area contributed by atoms with E-state index in [9.17, 15) is 9.59 Å². The smallest absolute Gasteiger partial charge is 0.262 e. The molecule has 6 nitrogen and oxygen atoms in total. The maximum atomic E-state index is 12.3. The van der Waals surface area contributed by atoms with Crippen LogP contribution < -0.4 is 20.7 Å². The largest absolute Gasteiger partial charge is 0.484 e. The van der Waals surface area contributed by atoms with E-state index >= 15 is 0 Å². The molecule has 0 saturated heterocycles. The van der Waals surface area contributed by atoms with E-state index in [2.05, 4.69) is 16.0 Å². The van der Waals surface area contributed by atoms with Gasteiger partial charge in [0.1, 0.15) is 5.75 Å². The van der Waals surface area contributed by atoms with E-state index in [1.54, 1.807) is 48.5 Å². The molecule has 0 saturated carbocycles. The molecule has 3 aromatic carbocycles. The van der Waals surface area contributed by atoms with Gasteiger partial charge in [-0.3, -0.25) is 14.9 Å². The van der Waals surface area contributed by atoms with Crippen molar-refractivity contribution in [1.29, 1.82) is 0 Å². The van der Waals surface area contributed by atoms with Crippen LogP contribution in [0.15, 0.2) is 78.9 Å². The quantitative estimate of drug-likeness (QED) is 0.524. The molecule has 0 spiro atoms. The molecule has 0 atom stereocenters. The Bertz CT molecular complexity index is 1050. The average molecular weight is 420 g/mol. The van der Waals surface area contributed by atoms with Crippen molar-refractivity contribution in [3.05, 3.63) is 90.0 Å². The molecule has 7 heteroatoms. The number of aryl methyl sites for hydroxylation is 1. The summed E-state index contributed by atoms with van der Waals surface area (Å²) in [6.07, 6.45) is 0. The van der Waals surface area contributed by atoms with E-state index in [0.717, 1.165) is 5.56 Å². The minimum atomic E-state index is -0.293. The number of carbonyl (C=O) groups is 2. The summed E-state index contributed by atoms with van der Waals surface area (Å²) in [4.78, 5) is 24.4. The van der Waals surface area contributed by atoms with E-state index in [1.807, 2.05) is 37.3 Å². The van der Waals surface area contributed by atoms with Crippen LogP contribution in [0.1, 0.15) is 15.9 Å². The van der Waals surface area contributed by atoms with Crippen LogP contribution in [0.5, 0.6) is 5.75 Å². The summed E-state index contributed by atoms with van der Waals surface area (Å²) in [5, 5.41) is 8.52. The summed E-state index contributed by atoms with van der Waals surface area (Å²) in [7, 11) is 0. The van der Waals surface area contributed by atoms with Gasteiger partial charge in [0.05, 0.1) is 0 Å². The molecule has 0 aromatic heterocycles. The summed E-state index contributed by atoms with van der Waals surface area (Å²) in [6.45, 7) is 1.81. The second-order valence-corrected chi connectivity index (χ2v) is 6.92. The van der Waals surface area contributed by atoms with Gasteiger partial charge in [-0.05, 0) is 61.6 Å². The molecule has 0 aliphatic rings. The van der Waals surface area contributed by atoms with E-state index in [4.69, 9.17) is 17.0 Å². The van der Waals surface area contributed by atoms with Gasteiger partial charge in [0, 0.05) is 16.9 Å². The predicted molar refractivity (Wildman–Crippen MR) is 122 cm³/mol. The molecule has 0 heterocycles. The molecule has 30 heavy (non-hydrogen) atoms. The van der Waals surface area contributed by atoms with Crippen LogP contribution in [0, 0.1) is 6.92 Å². The number of ether oxygens (including phenoxy) is 1. The maximum absolute atomic E-state index is 12.3. The van der Waals surface area contributed by atoms with Gasteiger partial charge in [0.25, 0.3) is 11.8 Å². The van der Waals surface area contributed by atoms with E-state index in [1.165, 1.54) is 0 Å². The molecule has 0 radical (unpaired) electrons. The third kappa shape index (κ3) is 6.42. The van der Waals surface area contributed by atoms with Gasteiger partial charge >= 0.3 is 0 Å². The van der Waals surface area contributed by atoms with Crippen molar-refractivity contribution in [3.63, 3.8) is 0 Å². The van der Waals surface area contributed by atoms with Crippen LogP contribution in [-0.2, 0) is 4.79 Å². The van der Waals surface area contributed by atoms with Gasteiger partial charge in [-0.1, -0.05) is 42.0 Å². The average Bonchev–Trinajstić information content (AvgIpc) is 2.73. The van der Waals surface area contributed by atoms with Crippen LogP contribution >= 0.6 is 12.2 Å².